The summed E-state index contributed by atoms with van der Waals surface area (Å²) in [6.07, 6.45) is 1.68. The number of rotatable bonds is 4. The molecule has 0 fully saturated rings. The number of benzene rings is 1. The summed E-state index contributed by atoms with van der Waals surface area (Å²) in [7, 11) is 0. The van der Waals surface area contributed by atoms with Crippen LogP contribution in [0.3, 0.4) is 0 Å². The molecule has 0 aliphatic carbocycles. The minimum atomic E-state index is -0.481. The number of para-hydroxylation sites is 1. The molecule has 0 spiro atoms. The van der Waals surface area contributed by atoms with Gasteiger partial charge in [-0.25, -0.2) is 0 Å². The number of oxazole rings is 1. The lowest BCUT2D eigenvalue weighted by Crippen LogP contribution is -2.11. The summed E-state index contributed by atoms with van der Waals surface area (Å²) in [4.78, 5) is 14.4. The zero-order chi connectivity index (χ0) is 12.4. The van der Waals surface area contributed by atoms with Crippen molar-refractivity contribution in [3.05, 3.63) is 41.0 Å². The smallest absolute Gasteiger partial charge is 0.298 e. The zero-order valence-corrected chi connectivity index (χ0v) is 9.21. The Hall–Kier alpha value is -2.37. The van der Waals surface area contributed by atoms with Gasteiger partial charge in [-0.2, -0.15) is 4.98 Å². The van der Waals surface area contributed by atoms with E-state index in [1.165, 1.54) is 6.07 Å². The molecule has 0 aliphatic heterocycles. The molecule has 0 radical (unpaired) electrons. The fraction of sp³-hybridized carbons (Fsp3) is 0.182. The monoisotopic (exact) mass is 233 g/mol. The van der Waals surface area contributed by atoms with Crippen LogP contribution in [0.2, 0.25) is 0 Å². The first-order valence-corrected chi connectivity index (χ1v) is 5.05. The molecule has 0 saturated carbocycles. The summed E-state index contributed by atoms with van der Waals surface area (Å²) in [5.74, 6) is 0. The van der Waals surface area contributed by atoms with Gasteiger partial charge in [-0.3, -0.25) is 10.1 Å². The molecule has 6 heteroatoms. The maximum Gasteiger partial charge on any atom is 0.298 e. The van der Waals surface area contributed by atoms with E-state index in [-0.39, 0.29) is 23.3 Å². The molecule has 0 saturated heterocycles. The molecule has 1 N–H and O–H groups in total. The molecule has 1 heterocycles. The highest BCUT2D eigenvalue weighted by Gasteiger charge is 2.17. The van der Waals surface area contributed by atoms with Crippen LogP contribution in [0.1, 0.15) is 6.92 Å². The number of nitro benzene ring substituents is 1. The van der Waals surface area contributed by atoms with Crippen molar-refractivity contribution < 1.29 is 9.34 Å². The van der Waals surface area contributed by atoms with E-state index in [4.69, 9.17) is 4.42 Å². The molecule has 88 valence electrons. The van der Waals surface area contributed by atoms with Gasteiger partial charge in [0.25, 0.3) is 11.7 Å². The molecule has 1 aromatic carbocycles. The largest absolute Gasteiger partial charge is 0.423 e. The highest BCUT2D eigenvalue weighted by Crippen LogP contribution is 2.27. The van der Waals surface area contributed by atoms with E-state index in [9.17, 15) is 10.1 Å². The summed E-state index contributed by atoms with van der Waals surface area (Å²) < 4.78 is 5.36. The third-order valence-electron chi connectivity index (χ3n) is 2.30. The Balaban J connectivity index is 2.46. The van der Waals surface area contributed by atoms with E-state index < -0.39 is 4.92 Å². The number of nitro groups is 1. The van der Waals surface area contributed by atoms with Crippen molar-refractivity contribution in [3.63, 3.8) is 0 Å². The number of anilines is 1. The van der Waals surface area contributed by atoms with Crippen LogP contribution in [0, 0.1) is 10.1 Å². The van der Waals surface area contributed by atoms with E-state index >= 15 is 0 Å². The van der Waals surface area contributed by atoms with Gasteiger partial charge in [-0.15, -0.1) is 6.58 Å². The Morgan fingerprint density at radius 2 is 2.41 bits per heavy atom. The molecule has 1 atom stereocenters. The Labute approximate surface area is 97.1 Å². The Morgan fingerprint density at radius 3 is 3.06 bits per heavy atom. The van der Waals surface area contributed by atoms with Crippen molar-refractivity contribution in [1.29, 1.82) is 0 Å². The Kier molecular flexibility index (Phi) is 2.78. The highest BCUT2D eigenvalue weighted by molar-refractivity contribution is 5.84. The van der Waals surface area contributed by atoms with Crippen molar-refractivity contribution in [2.75, 3.05) is 5.32 Å². The molecular formula is C11H11N3O3. The molecule has 0 bridgehead atoms. The number of aromatic nitrogens is 1. The van der Waals surface area contributed by atoms with Crippen LogP contribution >= 0.6 is 0 Å². The minimum absolute atomic E-state index is 0.0258. The van der Waals surface area contributed by atoms with Gasteiger partial charge in [0.1, 0.15) is 0 Å². The van der Waals surface area contributed by atoms with Gasteiger partial charge in [-0.05, 0) is 13.0 Å². The fourth-order valence-electron chi connectivity index (χ4n) is 1.40. The van der Waals surface area contributed by atoms with Crippen LogP contribution < -0.4 is 5.32 Å². The first-order chi connectivity index (χ1) is 8.11. The van der Waals surface area contributed by atoms with Crippen LogP contribution in [0.25, 0.3) is 11.1 Å². The number of hydrogen-bond donors (Lipinski definition) is 1. The fourth-order valence-corrected chi connectivity index (χ4v) is 1.40. The van der Waals surface area contributed by atoms with Gasteiger partial charge < -0.3 is 9.73 Å². The topological polar surface area (TPSA) is 81.2 Å². The highest BCUT2D eigenvalue weighted by atomic mass is 16.6. The van der Waals surface area contributed by atoms with E-state index in [0.29, 0.717) is 5.58 Å². The van der Waals surface area contributed by atoms with E-state index in [1.54, 1.807) is 18.2 Å². The van der Waals surface area contributed by atoms with Crippen molar-refractivity contribution in [3.8, 4) is 0 Å². The summed E-state index contributed by atoms with van der Waals surface area (Å²) in [5, 5.41) is 13.7. The third kappa shape index (κ3) is 2.10. The van der Waals surface area contributed by atoms with Gasteiger partial charge in [0.2, 0.25) is 0 Å². The molecule has 1 unspecified atom stereocenters. The second-order valence-electron chi connectivity index (χ2n) is 3.57. The normalized spacial score (nSPS) is 12.3. The van der Waals surface area contributed by atoms with Gasteiger partial charge >= 0.3 is 0 Å². The third-order valence-corrected chi connectivity index (χ3v) is 2.30. The number of hydrogen-bond acceptors (Lipinski definition) is 5. The Bertz CT molecular complexity index is 576. The van der Waals surface area contributed by atoms with Crippen LogP contribution in [0.4, 0.5) is 11.7 Å². The average Bonchev–Trinajstić information content (AvgIpc) is 2.70. The molecule has 0 aliphatic rings. The lowest BCUT2D eigenvalue weighted by molar-refractivity contribution is -0.383. The molecular weight excluding hydrogens is 222 g/mol. The quantitative estimate of drug-likeness (QED) is 0.498. The van der Waals surface area contributed by atoms with Crippen LogP contribution in [-0.2, 0) is 0 Å². The summed E-state index contributed by atoms with van der Waals surface area (Å²) >= 11 is 0. The number of fused-ring (bicyclic) bond motifs is 1. The number of non-ortho nitro benzene ring substituents is 1. The average molecular weight is 233 g/mol. The maximum absolute atomic E-state index is 10.8. The number of nitrogens with zero attached hydrogens (tertiary/aromatic N) is 2. The van der Waals surface area contributed by atoms with E-state index in [1.807, 2.05) is 6.92 Å². The predicted octanol–water partition coefficient (Wildman–Crippen LogP) is 2.72. The molecule has 0 amide bonds. The lowest BCUT2D eigenvalue weighted by atomic mass is 10.3. The van der Waals surface area contributed by atoms with Crippen LogP contribution in [0.5, 0.6) is 0 Å². The second-order valence-corrected chi connectivity index (χ2v) is 3.57. The van der Waals surface area contributed by atoms with Crippen molar-refractivity contribution >= 4 is 22.8 Å². The van der Waals surface area contributed by atoms with Gasteiger partial charge in [-0.1, -0.05) is 12.1 Å². The van der Waals surface area contributed by atoms with Crippen LogP contribution in [-0.4, -0.2) is 15.9 Å². The van der Waals surface area contributed by atoms with Crippen LogP contribution in [0.15, 0.2) is 35.3 Å². The van der Waals surface area contributed by atoms with Crippen molar-refractivity contribution in [2.24, 2.45) is 0 Å². The zero-order valence-electron chi connectivity index (χ0n) is 9.21. The molecule has 6 nitrogen and oxygen atoms in total. The van der Waals surface area contributed by atoms with E-state index in [0.717, 1.165) is 0 Å². The first kappa shape index (κ1) is 11.1. The van der Waals surface area contributed by atoms with Gasteiger partial charge in [0, 0.05) is 12.1 Å². The Morgan fingerprint density at radius 1 is 1.65 bits per heavy atom. The van der Waals surface area contributed by atoms with Crippen molar-refractivity contribution in [1.82, 2.24) is 4.98 Å². The van der Waals surface area contributed by atoms with E-state index in [2.05, 4.69) is 16.9 Å². The SMILES string of the molecule is C=CC(C)Nc1nc2c([N+](=O)[O-])cccc2o1. The maximum atomic E-state index is 10.8. The predicted molar refractivity (Wildman–Crippen MR) is 63.9 cm³/mol. The number of nitrogens with one attached hydrogen (secondary N) is 1. The molecule has 1 aromatic heterocycles. The van der Waals surface area contributed by atoms with Gasteiger partial charge in [0.15, 0.2) is 11.1 Å². The second kappa shape index (κ2) is 4.25. The lowest BCUT2D eigenvalue weighted by Gasteiger charge is -2.04. The standard InChI is InChI=1S/C11H11N3O3/c1-3-7(2)12-11-13-10-8(14(15)16)5-4-6-9(10)17-11/h3-7H,1H2,2H3,(H,12,13). The molecule has 17 heavy (non-hydrogen) atoms. The summed E-state index contributed by atoms with van der Waals surface area (Å²) in [6.45, 7) is 5.49. The van der Waals surface area contributed by atoms with Gasteiger partial charge in [0.05, 0.1) is 4.92 Å². The van der Waals surface area contributed by atoms with Crippen molar-refractivity contribution in [2.45, 2.75) is 13.0 Å². The first-order valence-electron chi connectivity index (χ1n) is 5.05. The summed E-state index contributed by atoms with van der Waals surface area (Å²) in [5.41, 5.74) is 0.569. The molecule has 2 aromatic rings. The summed E-state index contributed by atoms with van der Waals surface area (Å²) in [6, 6.07) is 4.82. The molecule has 2 rings (SSSR count). The minimum Gasteiger partial charge on any atom is -0.423 e.